The van der Waals surface area contributed by atoms with Crippen molar-refractivity contribution in [3.05, 3.63) is 114 Å². The van der Waals surface area contributed by atoms with Crippen LogP contribution in [0.15, 0.2) is 81.7 Å². The number of carbonyl (C=O) groups excluding carboxylic acids is 1. The Labute approximate surface area is 276 Å². The second-order valence-corrected chi connectivity index (χ2v) is 11.4. The van der Waals surface area contributed by atoms with Crippen LogP contribution in [0.3, 0.4) is 0 Å². The second kappa shape index (κ2) is 14.8. The first-order chi connectivity index (χ1) is 22.8. The van der Waals surface area contributed by atoms with Crippen molar-refractivity contribution < 1.29 is 28.5 Å². The minimum absolute atomic E-state index is 0.173. The van der Waals surface area contributed by atoms with Crippen molar-refractivity contribution in [1.82, 2.24) is 4.57 Å². The average molecular weight is 654 g/mol. The highest BCUT2D eigenvalue weighted by Gasteiger charge is 2.34. The third-order valence-electron chi connectivity index (χ3n) is 7.41. The van der Waals surface area contributed by atoms with Crippen LogP contribution in [0.5, 0.6) is 23.0 Å². The smallest absolute Gasteiger partial charge is 0.338 e. The van der Waals surface area contributed by atoms with Gasteiger partial charge in [0.05, 0.1) is 60.4 Å². The molecule has 47 heavy (non-hydrogen) atoms. The van der Waals surface area contributed by atoms with Gasteiger partial charge in [-0.1, -0.05) is 41.7 Å². The molecule has 0 saturated heterocycles. The molecule has 5 rings (SSSR count). The molecule has 1 atom stereocenters. The summed E-state index contributed by atoms with van der Waals surface area (Å²) in [5, 5.41) is 9.43. The molecule has 11 heteroatoms. The molecule has 0 unspecified atom stereocenters. The molecule has 0 fully saturated rings. The topological polar surface area (TPSA) is 121 Å². The molecular weight excluding hydrogens is 618 g/mol. The van der Waals surface area contributed by atoms with E-state index in [9.17, 15) is 14.9 Å². The van der Waals surface area contributed by atoms with Crippen LogP contribution in [0.2, 0.25) is 0 Å². The van der Waals surface area contributed by atoms with Crippen LogP contribution in [-0.4, -0.2) is 37.5 Å². The molecule has 1 aromatic heterocycles. The number of allylic oxidation sites excluding steroid dienone is 1. The van der Waals surface area contributed by atoms with Gasteiger partial charge in [0.15, 0.2) is 27.8 Å². The van der Waals surface area contributed by atoms with Crippen molar-refractivity contribution in [2.75, 3.05) is 26.9 Å². The van der Waals surface area contributed by atoms with E-state index >= 15 is 0 Å². The van der Waals surface area contributed by atoms with Gasteiger partial charge in [-0.05, 0) is 75.2 Å². The fourth-order valence-corrected chi connectivity index (χ4v) is 6.35. The van der Waals surface area contributed by atoms with Gasteiger partial charge < -0.3 is 23.7 Å². The third-order valence-corrected chi connectivity index (χ3v) is 8.39. The predicted molar refractivity (Wildman–Crippen MR) is 178 cm³/mol. The summed E-state index contributed by atoms with van der Waals surface area (Å²) in [7, 11) is 1.55. The van der Waals surface area contributed by atoms with E-state index in [1.807, 2.05) is 44.2 Å². The van der Waals surface area contributed by atoms with Gasteiger partial charge in [-0.3, -0.25) is 9.36 Å². The standard InChI is InChI=1S/C36H35N3O7S/c1-6-43-29-17-23(13-15-28(29)46-21-26-12-10-9-11-25(26)20-37)18-31-34(40)39-33(24-14-16-27(42-5)30(19-24)44-7-2)32(35(41)45-8-3)22(4)38-36(39)47-31/h9-19,33H,6-8,21H2,1-5H3/b31-18+/t33-/m1/s1. The summed E-state index contributed by atoms with van der Waals surface area (Å²) in [5.41, 5.74) is 3.10. The first-order valence-electron chi connectivity index (χ1n) is 15.2. The van der Waals surface area contributed by atoms with Gasteiger partial charge in [0, 0.05) is 5.56 Å². The van der Waals surface area contributed by atoms with Gasteiger partial charge in [-0.15, -0.1) is 0 Å². The number of methoxy groups -OCH3 is 1. The second-order valence-electron chi connectivity index (χ2n) is 10.3. The number of hydrogen-bond donors (Lipinski definition) is 0. The number of nitriles is 1. The number of carbonyl (C=O) groups is 1. The Morgan fingerprint density at radius 3 is 2.38 bits per heavy atom. The molecule has 1 aliphatic heterocycles. The largest absolute Gasteiger partial charge is 0.493 e. The number of rotatable bonds is 12. The molecule has 0 aliphatic carbocycles. The van der Waals surface area contributed by atoms with Gasteiger partial charge in [0.25, 0.3) is 5.56 Å². The van der Waals surface area contributed by atoms with Crippen molar-refractivity contribution in [3.8, 4) is 29.1 Å². The molecule has 3 aromatic carbocycles. The maximum absolute atomic E-state index is 14.1. The molecule has 242 valence electrons. The average Bonchev–Trinajstić information content (AvgIpc) is 3.37. The van der Waals surface area contributed by atoms with Crippen molar-refractivity contribution in [2.24, 2.45) is 4.99 Å². The Bertz CT molecular complexity index is 2060. The molecule has 0 amide bonds. The summed E-state index contributed by atoms with van der Waals surface area (Å²) >= 11 is 1.23. The number of esters is 1. The monoisotopic (exact) mass is 653 g/mol. The van der Waals surface area contributed by atoms with Crippen LogP contribution in [0.4, 0.5) is 0 Å². The molecular formula is C36H35N3O7S. The van der Waals surface area contributed by atoms with Crippen LogP contribution in [0, 0.1) is 11.3 Å². The van der Waals surface area contributed by atoms with Gasteiger partial charge in [-0.25, -0.2) is 9.79 Å². The lowest BCUT2D eigenvalue weighted by molar-refractivity contribution is -0.139. The van der Waals surface area contributed by atoms with E-state index in [1.54, 1.807) is 57.4 Å². The van der Waals surface area contributed by atoms with Crippen LogP contribution >= 0.6 is 11.3 Å². The number of nitrogens with zero attached hydrogens (tertiary/aromatic N) is 3. The fraction of sp³-hybridized carbons (Fsp3) is 0.278. The maximum atomic E-state index is 14.1. The van der Waals surface area contributed by atoms with Gasteiger partial charge >= 0.3 is 5.97 Å². The summed E-state index contributed by atoms with van der Waals surface area (Å²) in [6.45, 7) is 8.39. The number of benzene rings is 3. The molecule has 1 aliphatic rings. The van der Waals surface area contributed by atoms with Crippen molar-refractivity contribution in [3.63, 3.8) is 0 Å². The van der Waals surface area contributed by atoms with Gasteiger partial charge in [0.1, 0.15) is 6.61 Å². The zero-order valence-electron chi connectivity index (χ0n) is 26.9. The SMILES string of the molecule is CCOC(=O)C1=C(C)N=c2s/c(=C/c3ccc(OCc4ccccc4C#N)c(OCC)c3)c(=O)n2[C@@H]1c1ccc(OC)c(OCC)c1. The number of hydrogen-bond acceptors (Lipinski definition) is 10. The molecule has 0 N–H and O–H groups in total. The molecule has 2 heterocycles. The first kappa shape index (κ1) is 33.0. The number of aromatic nitrogens is 1. The molecule has 0 saturated carbocycles. The molecule has 0 bridgehead atoms. The summed E-state index contributed by atoms with van der Waals surface area (Å²) in [6, 6.07) is 19.4. The Hall–Kier alpha value is -5.34. The lowest BCUT2D eigenvalue weighted by Crippen LogP contribution is -2.40. The van der Waals surface area contributed by atoms with Crippen LogP contribution in [-0.2, 0) is 16.1 Å². The van der Waals surface area contributed by atoms with E-state index in [2.05, 4.69) is 11.1 Å². The minimum Gasteiger partial charge on any atom is -0.493 e. The summed E-state index contributed by atoms with van der Waals surface area (Å²) in [5.74, 6) is 1.50. The highest BCUT2D eigenvalue weighted by atomic mass is 32.1. The van der Waals surface area contributed by atoms with Crippen molar-refractivity contribution in [1.29, 1.82) is 5.26 Å². The van der Waals surface area contributed by atoms with Crippen LogP contribution in [0.25, 0.3) is 6.08 Å². The van der Waals surface area contributed by atoms with E-state index in [0.29, 0.717) is 67.9 Å². The van der Waals surface area contributed by atoms with Crippen LogP contribution in [0.1, 0.15) is 56.0 Å². The molecule has 4 aromatic rings. The number of ether oxygens (including phenoxy) is 5. The van der Waals surface area contributed by atoms with E-state index in [-0.39, 0.29) is 24.3 Å². The molecule has 10 nitrogen and oxygen atoms in total. The third kappa shape index (κ3) is 6.93. The Kier molecular flexibility index (Phi) is 10.4. The Morgan fingerprint density at radius 1 is 0.957 bits per heavy atom. The van der Waals surface area contributed by atoms with Gasteiger partial charge in [0.2, 0.25) is 0 Å². The van der Waals surface area contributed by atoms with E-state index in [0.717, 1.165) is 5.56 Å². The first-order valence-corrected chi connectivity index (χ1v) is 16.0. The minimum atomic E-state index is -0.802. The summed E-state index contributed by atoms with van der Waals surface area (Å²) in [4.78, 5) is 32.6. The fourth-order valence-electron chi connectivity index (χ4n) is 5.30. The zero-order valence-corrected chi connectivity index (χ0v) is 27.7. The van der Waals surface area contributed by atoms with Crippen LogP contribution < -0.4 is 33.8 Å². The maximum Gasteiger partial charge on any atom is 0.338 e. The highest BCUT2D eigenvalue weighted by Crippen LogP contribution is 2.36. The van der Waals surface area contributed by atoms with E-state index < -0.39 is 12.0 Å². The normalized spacial score (nSPS) is 14.1. The van der Waals surface area contributed by atoms with Gasteiger partial charge in [-0.2, -0.15) is 5.26 Å². The zero-order chi connectivity index (χ0) is 33.5. The predicted octanol–water partition coefficient (Wildman–Crippen LogP) is 5.05. The Balaban J connectivity index is 1.58. The number of thiazole rings is 1. The van der Waals surface area contributed by atoms with Crippen molar-refractivity contribution >= 4 is 23.4 Å². The van der Waals surface area contributed by atoms with E-state index in [4.69, 9.17) is 23.7 Å². The summed E-state index contributed by atoms with van der Waals surface area (Å²) in [6.07, 6.45) is 1.77. The molecule has 0 spiro atoms. The Morgan fingerprint density at radius 2 is 1.68 bits per heavy atom. The summed E-state index contributed by atoms with van der Waals surface area (Å²) < 4.78 is 30.6. The highest BCUT2D eigenvalue weighted by molar-refractivity contribution is 7.07. The lowest BCUT2D eigenvalue weighted by atomic mass is 9.95. The quantitative estimate of drug-likeness (QED) is 0.195. The number of fused-ring (bicyclic) bond motifs is 1. The van der Waals surface area contributed by atoms with E-state index in [1.165, 1.54) is 15.9 Å². The van der Waals surface area contributed by atoms with Crippen molar-refractivity contribution in [2.45, 2.75) is 40.3 Å². The molecule has 0 radical (unpaired) electrons. The lowest BCUT2D eigenvalue weighted by Gasteiger charge is -2.25.